The molecule has 0 aliphatic heterocycles. The Morgan fingerprint density at radius 1 is 0.727 bits per heavy atom. The second-order valence-electron chi connectivity index (χ2n) is 4.21. The molecule has 0 saturated carbocycles. The highest BCUT2D eigenvalue weighted by molar-refractivity contribution is 6.33. The third-order valence-electron chi connectivity index (χ3n) is 2.52. The maximum absolute atomic E-state index is 5.97. The largest absolute Gasteiger partial charge is 0.355 e. The Morgan fingerprint density at radius 2 is 1.05 bits per heavy atom. The maximum atomic E-state index is 5.97. The molecule has 0 amide bonds. The zero-order chi connectivity index (χ0) is 17.1. The lowest BCUT2D eigenvalue weighted by Crippen LogP contribution is -1.67. The molecule has 0 spiro atoms. The highest BCUT2D eigenvalue weighted by Crippen LogP contribution is 2.29. The number of hydrogen-bond acceptors (Lipinski definition) is 0. The third-order valence-corrected chi connectivity index (χ3v) is 2.99. The summed E-state index contributed by atoms with van der Waals surface area (Å²) in [5, 5.41) is 3.70. The van der Waals surface area contributed by atoms with Gasteiger partial charge < -0.3 is 4.98 Å². The van der Waals surface area contributed by atoms with Gasteiger partial charge in [0.05, 0.1) is 0 Å². The van der Waals surface area contributed by atoms with Crippen LogP contribution in [0.2, 0.25) is 10.0 Å². The van der Waals surface area contributed by atoms with E-state index in [2.05, 4.69) is 18.8 Å². The molecule has 3 heteroatoms. The van der Waals surface area contributed by atoms with Crippen molar-refractivity contribution in [2.75, 3.05) is 0 Å². The van der Waals surface area contributed by atoms with E-state index in [0.29, 0.717) is 0 Å². The summed E-state index contributed by atoms with van der Waals surface area (Å²) in [6.07, 6.45) is 1.25. The number of fused-ring (bicyclic) bond motifs is 3. The average molecular weight is 340 g/mol. The first kappa shape index (κ1) is 20.8. The molecule has 0 aliphatic rings. The summed E-state index contributed by atoms with van der Waals surface area (Å²) in [7, 11) is 0. The van der Waals surface area contributed by atoms with Gasteiger partial charge in [-0.1, -0.05) is 71.2 Å². The van der Waals surface area contributed by atoms with Gasteiger partial charge in [-0.3, -0.25) is 0 Å². The van der Waals surface area contributed by atoms with E-state index in [1.165, 1.54) is 6.42 Å². The number of hydrogen-bond donors (Lipinski definition) is 1. The maximum Gasteiger partial charge on any atom is 0.0465 e. The zero-order valence-corrected chi connectivity index (χ0v) is 15.9. The van der Waals surface area contributed by atoms with Crippen LogP contribution >= 0.6 is 23.2 Å². The summed E-state index contributed by atoms with van der Waals surface area (Å²) in [6, 6.07) is 11.6. The lowest BCUT2D eigenvalue weighted by atomic mass is 10.1. The molecule has 0 fully saturated rings. The molecule has 0 radical (unpaired) electrons. The van der Waals surface area contributed by atoms with E-state index in [9.17, 15) is 0 Å². The summed E-state index contributed by atoms with van der Waals surface area (Å²) in [4.78, 5) is 3.32. The van der Waals surface area contributed by atoms with E-state index in [0.717, 1.165) is 31.9 Å². The van der Waals surface area contributed by atoms with Crippen LogP contribution in [-0.4, -0.2) is 4.98 Å². The average Bonchev–Trinajstić information content (AvgIpc) is 2.89. The first-order chi connectivity index (χ1) is 10.7. The predicted octanol–water partition coefficient (Wildman–Crippen LogP) is 8.10. The van der Waals surface area contributed by atoms with Gasteiger partial charge in [-0.2, -0.15) is 0 Å². The summed E-state index contributed by atoms with van der Waals surface area (Å²) in [6.45, 7) is 12.2. The Hall–Kier alpha value is -1.18. The van der Waals surface area contributed by atoms with E-state index in [1.807, 2.05) is 64.1 Å². The van der Waals surface area contributed by atoms with Gasteiger partial charge in [0, 0.05) is 31.9 Å². The van der Waals surface area contributed by atoms with E-state index in [1.54, 1.807) is 0 Å². The Kier molecular flexibility index (Phi) is 10.8. The van der Waals surface area contributed by atoms with Crippen LogP contribution in [0.4, 0.5) is 0 Å². The van der Waals surface area contributed by atoms with Crippen molar-refractivity contribution in [3.05, 3.63) is 46.4 Å². The molecule has 3 rings (SSSR count). The first-order valence-electron chi connectivity index (χ1n) is 8.02. The van der Waals surface area contributed by atoms with Crippen LogP contribution < -0.4 is 0 Å². The molecule has 1 nitrogen and oxygen atoms in total. The number of H-pyrrole nitrogens is 1. The molecule has 1 aromatic heterocycles. The number of benzene rings is 2. The summed E-state index contributed by atoms with van der Waals surface area (Å²) >= 11 is 11.9. The minimum atomic E-state index is 0.739. The van der Waals surface area contributed by atoms with Gasteiger partial charge >= 0.3 is 0 Å². The van der Waals surface area contributed by atoms with Crippen LogP contribution in [0.1, 0.15) is 48.0 Å². The fourth-order valence-electron chi connectivity index (χ4n) is 1.84. The molecule has 1 N–H and O–H groups in total. The fourth-order valence-corrected chi connectivity index (χ4v) is 2.19. The summed E-state index contributed by atoms with van der Waals surface area (Å²) in [5.41, 5.74) is 2.16. The minimum absolute atomic E-state index is 0.739. The van der Waals surface area contributed by atoms with Crippen LogP contribution in [0.5, 0.6) is 0 Å². The molecule has 0 saturated heterocycles. The van der Waals surface area contributed by atoms with Gasteiger partial charge in [-0.25, -0.2) is 0 Å². The third kappa shape index (κ3) is 5.55. The molecular weight excluding hydrogens is 313 g/mol. The van der Waals surface area contributed by atoms with E-state index >= 15 is 0 Å². The molecule has 0 aliphatic carbocycles. The standard InChI is InChI=1S/C12H7Cl2N.C3H8.2C2H6/c13-7-1-3-11-9(5-7)10-6-8(14)2-4-12(10)15-11;1-3-2;2*1-2/h1-6,15H;3H2,1-2H3;2*1-2H3. The van der Waals surface area contributed by atoms with Crippen LogP contribution in [-0.2, 0) is 0 Å². The van der Waals surface area contributed by atoms with E-state index in [4.69, 9.17) is 23.2 Å². The molecule has 0 atom stereocenters. The van der Waals surface area contributed by atoms with Crippen LogP contribution in [0.3, 0.4) is 0 Å². The smallest absolute Gasteiger partial charge is 0.0465 e. The van der Waals surface area contributed by atoms with Crippen molar-refractivity contribution >= 4 is 45.0 Å². The second kappa shape index (κ2) is 11.4. The van der Waals surface area contributed by atoms with Crippen LogP contribution in [0, 0.1) is 0 Å². The molecular formula is C19H27Cl2N. The number of halogens is 2. The molecule has 3 aromatic rings. The zero-order valence-electron chi connectivity index (χ0n) is 14.4. The topological polar surface area (TPSA) is 15.8 Å². The van der Waals surface area contributed by atoms with Gasteiger partial charge in [-0.05, 0) is 36.4 Å². The Bertz CT molecular complexity index is 615. The highest BCUT2D eigenvalue weighted by Gasteiger charge is 2.04. The van der Waals surface area contributed by atoms with Gasteiger partial charge in [0.25, 0.3) is 0 Å². The monoisotopic (exact) mass is 339 g/mol. The van der Waals surface area contributed by atoms with Crippen molar-refractivity contribution in [2.45, 2.75) is 48.0 Å². The number of aromatic amines is 1. The predicted molar refractivity (Wildman–Crippen MR) is 104 cm³/mol. The van der Waals surface area contributed by atoms with E-state index in [-0.39, 0.29) is 0 Å². The number of aromatic nitrogens is 1. The minimum Gasteiger partial charge on any atom is -0.355 e. The SMILES string of the molecule is CC.CC.CCC.Clc1ccc2[nH]c3ccc(Cl)cc3c2c1. The number of rotatable bonds is 0. The lowest BCUT2D eigenvalue weighted by molar-refractivity contribution is 1.09. The molecule has 122 valence electrons. The quantitative estimate of drug-likeness (QED) is 0.425. The van der Waals surface area contributed by atoms with Crippen molar-refractivity contribution in [2.24, 2.45) is 0 Å². The molecule has 2 aromatic carbocycles. The lowest BCUT2D eigenvalue weighted by Gasteiger charge is -1.92. The molecule has 0 bridgehead atoms. The normalized spacial score (nSPS) is 9.09. The van der Waals surface area contributed by atoms with Crippen LogP contribution in [0.25, 0.3) is 21.8 Å². The first-order valence-corrected chi connectivity index (χ1v) is 8.77. The summed E-state index contributed by atoms with van der Waals surface area (Å²) in [5.74, 6) is 0. The van der Waals surface area contributed by atoms with E-state index < -0.39 is 0 Å². The van der Waals surface area contributed by atoms with Gasteiger partial charge in [0.2, 0.25) is 0 Å². The Labute approximate surface area is 144 Å². The van der Waals surface area contributed by atoms with Gasteiger partial charge in [0.15, 0.2) is 0 Å². The van der Waals surface area contributed by atoms with Gasteiger partial charge in [0.1, 0.15) is 0 Å². The van der Waals surface area contributed by atoms with Crippen LogP contribution in [0.15, 0.2) is 36.4 Å². The Morgan fingerprint density at radius 3 is 1.36 bits per heavy atom. The fraction of sp³-hybridized carbons (Fsp3) is 0.368. The molecule has 22 heavy (non-hydrogen) atoms. The summed E-state index contributed by atoms with van der Waals surface area (Å²) < 4.78 is 0. The molecule has 0 unspecified atom stereocenters. The van der Waals surface area contributed by atoms with Crippen molar-refractivity contribution < 1.29 is 0 Å². The Balaban J connectivity index is 0.000000553. The van der Waals surface area contributed by atoms with Gasteiger partial charge in [-0.15, -0.1) is 0 Å². The highest BCUT2D eigenvalue weighted by atomic mass is 35.5. The van der Waals surface area contributed by atoms with Crippen molar-refractivity contribution in [3.63, 3.8) is 0 Å². The van der Waals surface area contributed by atoms with Crippen molar-refractivity contribution in [1.29, 1.82) is 0 Å². The molecule has 1 heterocycles. The van der Waals surface area contributed by atoms with Crippen molar-refractivity contribution in [3.8, 4) is 0 Å². The number of nitrogens with one attached hydrogen (secondary N) is 1. The van der Waals surface area contributed by atoms with Crippen molar-refractivity contribution in [1.82, 2.24) is 4.98 Å². The second-order valence-corrected chi connectivity index (χ2v) is 5.08.